The molecule has 0 saturated carbocycles. The topological polar surface area (TPSA) is 180 Å². The number of carbonyl (C=O) groups excluding carboxylic acids is 6. The van der Waals surface area contributed by atoms with E-state index in [4.69, 9.17) is 5.73 Å². The van der Waals surface area contributed by atoms with Crippen LogP contribution >= 0.6 is 0 Å². The molecule has 1 heterocycles. The van der Waals surface area contributed by atoms with Crippen molar-refractivity contribution < 1.29 is 28.8 Å². The van der Waals surface area contributed by atoms with Crippen molar-refractivity contribution in [2.45, 2.75) is 105 Å². The van der Waals surface area contributed by atoms with E-state index in [-0.39, 0.29) is 61.3 Å². The number of primary amides is 1. The molecule has 1 aromatic carbocycles. The molecule has 1 unspecified atom stereocenters. The summed E-state index contributed by atoms with van der Waals surface area (Å²) in [5.74, 6) is -1.32. The average Bonchev–Trinajstić information content (AvgIpc) is 3.26. The summed E-state index contributed by atoms with van der Waals surface area (Å²) in [6.45, 7) is 12.4. The van der Waals surface area contributed by atoms with Crippen molar-refractivity contribution in [3.05, 3.63) is 29.8 Å². The number of likely N-dealkylation sites (tertiary alicyclic amines) is 1. The summed E-state index contributed by atoms with van der Waals surface area (Å²) in [5, 5.41) is 11.0. The second-order valence-corrected chi connectivity index (χ2v) is 13.3. The Bertz CT molecular complexity index is 1200. The monoisotopic (exact) mass is 642 g/mol. The summed E-state index contributed by atoms with van der Waals surface area (Å²) in [4.78, 5) is 76.6. The largest absolute Gasteiger partial charge is 0.352 e. The highest BCUT2D eigenvalue weighted by molar-refractivity contribution is 6.03. The number of hydrogen-bond acceptors (Lipinski definition) is 6. The van der Waals surface area contributed by atoms with Gasteiger partial charge >= 0.3 is 6.03 Å². The van der Waals surface area contributed by atoms with Crippen LogP contribution in [-0.2, 0) is 30.4 Å². The first kappa shape index (κ1) is 38.2. The van der Waals surface area contributed by atoms with Gasteiger partial charge in [0, 0.05) is 37.5 Å². The molecule has 2 rings (SSSR count). The third-order valence-electron chi connectivity index (χ3n) is 8.10. The summed E-state index contributed by atoms with van der Waals surface area (Å²) in [6.07, 6.45) is 3.78. The summed E-state index contributed by atoms with van der Waals surface area (Å²) in [6, 6.07) is 5.10. The van der Waals surface area contributed by atoms with Gasteiger partial charge < -0.3 is 27.0 Å². The Morgan fingerprint density at radius 3 is 2.13 bits per heavy atom. The Morgan fingerprint density at radius 2 is 1.57 bits per heavy atom. The Labute approximate surface area is 273 Å². The van der Waals surface area contributed by atoms with Crippen LogP contribution in [0.4, 0.5) is 10.5 Å². The van der Waals surface area contributed by atoms with Gasteiger partial charge in [0.15, 0.2) is 0 Å². The lowest BCUT2D eigenvalue weighted by atomic mass is 9.94. The van der Waals surface area contributed by atoms with E-state index in [1.54, 1.807) is 0 Å². The van der Waals surface area contributed by atoms with Gasteiger partial charge in [-0.3, -0.25) is 28.9 Å². The molecule has 1 aromatic rings. The predicted octanol–water partition coefficient (Wildman–Crippen LogP) is 3.49. The molecule has 0 aromatic heterocycles. The van der Waals surface area contributed by atoms with Gasteiger partial charge in [-0.1, -0.05) is 60.1 Å². The minimum absolute atomic E-state index is 0.112. The van der Waals surface area contributed by atoms with E-state index in [2.05, 4.69) is 35.1 Å². The smallest absolute Gasteiger partial charge is 0.312 e. The first-order valence-corrected chi connectivity index (χ1v) is 16.6. The first-order valence-electron chi connectivity index (χ1n) is 16.6. The van der Waals surface area contributed by atoms with E-state index >= 15 is 0 Å². The average molecular weight is 643 g/mol. The number of nitrogens with two attached hydrogens (primary N) is 1. The van der Waals surface area contributed by atoms with Gasteiger partial charge in [0.25, 0.3) is 0 Å². The number of nitrogens with zero attached hydrogens (tertiary/aromatic N) is 1. The number of nitrogens with one attached hydrogen (secondary N) is 4. The Hall–Kier alpha value is -3.96. The highest BCUT2D eigenvalue weighted by Gasteiger charge is 2.39. The van der Waals surface area contributed by atoms with Crippen LogP contribution in [0.3, 0.4) is 0 Å². The Kier molecular flexibility index (Phi) is 15.7. The molecule has 0 radical (unpaired) electrons. The second-order valence-electron chi connectivity index (χ2n) is 13.3. The van der Waals surface area contributed by atoms with Crippen LogP contribution in [0.15, 0.2) is 24.3 Å². The number of carbonyl (C=O) groups is 6. The van der Waals surface area contributed by atoms with E-state index < -0.39 is 29.9 Å². The van der Waals surface area contributed by atoms with Gasteiger partial charge in [-0.25, -0.2) is 4.79 Å². The second kappa shape index (κ2) is 18.9. The minimum atomic E-state index is -0.915. The maximum Gasteiger partial charge on any atom is 0.312 e. The summed E-state index contributed by atoms with van der Waals surface area (Å²) >= 11 is 0. The van der Waals surface area contributed by atoms with E-state index in [0.717, 1.165) is 12.0 Å². The standard InChI is InChI=1S/C34H54N6O6/c1-21(2)19-24-13-15-25(16-14-24)37-31(43)27(11-10-17-36-34(35)46)38-32(44)30(23(5)6)39-28(41)12-8-7-9-18-40-29(42)20-26(22(3)4)33(40)45/h13-16,21-23,26-27,30H,7-12,17-20H2,1-6H3,(H,37,43)(H,38,44)(H,39,41)(H3,35,36,46)/t26?,27-,30-/m0/s1. The third-order valence-corrected chi connectivity index (χ3v) is 8.10. The SMILES string of the molecule is CC(C)Cc1ccc(NC(=O)[C@H](CCCNC(N)=O)NC(=O)[C@@H](NC(=O)CCCCCN2C(=O)CC(C(C)C)C2=O)C(C)C)cc1. The zero-order chi connectivity index (χ0) is 34.4. The highest BCUT2D eigenvalue weighted by atomic mass is 16.2. The number of urea groups is 1. The third kappa shape index (κ3) is 12.8. The van der Waals surface area contributed by atoms with Gasteiger partial charge in [-0.15, -0.1) is 0 Å². The maximum atomic E-state index is 13.4. The van der Waals surface area contributed by atoms with Crippen LogP contribution < -0.4 is 27.0 Å². The van der Waals surface area contributed by atoms with Crippen molar-refractivity contribution in [3.8, 4) is 0 Å². The number of rotatable bonds is 19. The fourth-order valence-corrected chi connectivity index (χ4v) is 5.45. The summed E-state index contributed by atoms with van der Waals surface area (Å²) < 4.78 is 0. The molecule has 0 spiro atoms. The van der Waals surface area contributed by atoms with Crippen molar-refractivity contribution in [3.63, 3.8) is 0 Å². The van der Waals surface area contributed by atoms with E-state index in [1.807, 2.05) is 52.0 Å². The van der Waals surface area contributed by atoms with Crippen molar-refractivity contribution in [2.75, 3.05) is 18.4 Å². The normalized spacial score (nSPS) is 16.1. The van der Waals surface area contributed by atoms with Crippen LogP contribution in [0, 0.1) is 23.7 Å². The van der Waals surface area contributed by atoms with E-state index in [9.17, 15) is 28.8 Å². The van der Waals surface area contributed by atoms with Crippen molar-refractivity contribution in [1.82, 2.24) is 20.9 Å². The quantitative estimate of drug-likeness (QED) is 0.114. The molecule has 0 bridgehead atoms. The number of unbranched alkanes of at least 4 members (excludes halogenated alkanes) is 2. The lowest BCUT2D eigenvalue weighted by molar-refractivity contribution is -0.140. The molecule has 1 aliphatic rings. The van der Waals surface area contributed by atoms with Crippen LogP contribution in [0.2, 0.25) is 0 Å². The molecule has 7 amide bonds. The summed E-state index contributed by atoms with van der Waals surface area (Å²) in [7, 11) is 0. The minimum Gasteiger partial charge on any atom is -0.352 e. The van der Waals surface area contributed by atoms with Gasteiger partial charge in [-0.2, -0.15) is 0 Å². The molecule has 6 N–H and O–H groups in total. The Balaban J connectivity index is 1.93. The molecule has 12 nitrogen and oxygen atoms in total. The van der Waals surface area contributed by atoms with E-state index in [1.165, 1.54) is 4.90 Å². The van der Waals surface area contributed by atoms with Crippen molar-refractivity contribution in [1.29, 1.82) is 0 Å². The number of anilines is 1. The molecular weight excluding hydrogens is 588 g/mol. The molecule has 0 aliphatic carbocycles. The lowest BCUT2D eigenvalue weighted by Crippen LogP contribution is -2.54. The van der Waals surface area contributed by atoms with Gasteiger partial charge in [0.05, 0.1) is 0 Å². The molecular formula is C34H54N6O6. The molecule has 1 saturated heterocycles. The molecule has 46 heavy (non-hydrogen) atoms. The van der Waals surface area contributed by atoms with Crippen LogP contribution in [0.1, 0.15) is 92.1 Å². The molecule has 1 aliphatic heterocycles. The lowest BCUT2D eigenvalue weighted by Gasteiger charge is -2.25. The zero-order valence-electron chi connectivity index (χ0n) is 28.3. The highest BCUT2D eigenvalue weighted by Crippen LogP contribution is 2.26. The molecule has 1 fully saturated rings. The molecule has 12 heteroatoms. The van der Waals surface area contributed by atoms with Crippen LogP contribution in [0.5, 0.6) is 0 Å². The fraction of sp³-hybridized carbons (Fsp3) is 0.647. The van der Waals surface area contributed by atoms with Gasteiger partial charge in [0.1, 0.15) is 12.1 Å². The van der Waals surface area contributed by atoms with Crippen LogP contribution in [-0.4, -0.2) is 65.6 Å². The molecule has 3 atom stereocenters. The van der Waals surface area contributed by atoms with Crippen molar-refractivity contribution in [2.24, 2.45) is 29.4 Å². The maximum absolute atomic E-state index is 13.4. The molecule has 256 valence electrons. The number of hydrogen-bond donors (Lipinski definition) is 5. The predicted molar refractivity (Wildman–Crippen MR) is 177 cm³/mol. The number of imide groups is 1. The summed E-state index contributed by atoms with van der Waals surface area (Å²) in [5.41, 5.74) is 6.90. The fourth-order valence-electron chi connectivity index (χ4n) is 5.45. The first-order chi connectivity index (χ1) is 21.7. The van der Waals surface area contributed by atoms with E-state index in [0.29, 0.717) is 43.8 Å². The zero-order valence-corrected chi connectivity index (χ0v) is 28.3. The van der Waals surface area contributed by atoms with Crippen LogP contribution in [0.25, 0.3) is 0 Å². The number of benzene rings is 1. The Morgan fingerprint density at radius 1 is 0.891 bits per heavy atom. The van der Waals surface area contributed by atoms with Gasteiger partial charge in [-0.05, 0) is 67.6 Å². The number of amides is 7. The van der Waals surface area contributed by atoms with Crippen molar-refractivity contribution >= 4 is 41.3 Å². The van der Waals surface area contributed by atoms with Gasteiger partial charge in [0.2, 0.25) is 29.5 Å².